The fraction of sp³-hybridized carbons (Fsp3) is 0.158. The largest absolute Gasteiger partial charge is 0.461 e. The summed E-state index contributed by atoms with van der Waals surface area (Å²) in [6.45, 7) is 3.64. The summed E-state index contributed by atoms with van der Waals surface area (Å²) >= 11 is 5.90. The van der Waals surface area contributed by atoms with E-state index in [0.717, 1.165) is 5.56 Å². The number of rotatable bonds is 7. The van der Waals surface area contributed by atoms with Crippen molar-refractivity contribution in [3.63, 3.8) is 0 Å². The maximum absolute atomic E-state index is 12.4. The molecule has 0 heterocycles. The summed E-state index contributed by atoms with van der Waals surface area (Å²) < 4.78 is 5.02. The zero-order valence-electron chi connectivity index (χ0n) is 13.1. The number of nitrogens with one attached hydrogen (secondary N) is 1. The van der Waals surface area contributed by atoms with Crippen LogP contribution in [0.3, 0.4) is 0 Å². The summed E-state index contributed by atoms with van der Waals surface area (Å²) in [7, 11) is 0. The van der Waals surface area contributed by atoms with E-state index < -0.39 is 12.0 Å². The van der Waals surface area contributed by atoms with Crippen LogP contribution < -0.4 is 5.32 Å². The predicted molar refractivity (Wildman–Crippen MR) is 93.9 cm³/mol. The molecular weight excluding hydrogens is 326 g/mol. The summed E-state index contributed by atoms with van der Waals surface area (Å²) in [5.41, 5.74) is 1.30. The second-order valence-electron chi connectivity index (χ2n) is 5.12. The second kappa shape index (κ2) is 8.89. The minimum Gasteiger partial charge on any atom is -0.461 e. The zero-order chi connectivity index (χ0) is 17.4. The summed E-state index contributed by atoms with van der Waals surface area (Å²) in [4.78, 5) is 24.3. The molecule has 1 N–H and O–H groups in total. The van der Waals surface area contributed by atoms with Gasteiger partial charge in [0.15, 0.2) is 0 Å². The van der Waals surface area contributed by atoms with Gasteiger partial charge in [-0.25, -0.2) is 0 Å². The van der Waals surface area contributed by atoms with Crippen LogP contribution in [0.25, 0.3) is 0 Å². The third kappa shape index (κ3) is 5.25. The number of esters is 1. The fourth-order valence-corrected chi connectivity index (χ4v) is 2.28. The summed E-state index contributed by atoms with van der Waals surface area (Å²) in [6.07, 6.45) is 1.52. The molecule has 1 amide bonds. The molecule has 2 aromatic carbocycles. The number of hydrogen-bond donors (Lipinski definition) is 1. The first-order valence-corrected chi connectivity index (χ1v) is 7.86. The van der Waals surface area contributed by atoms with Crippen molar-refractivity contribution in [2.24, 2.45) is 0 Å². The van der Waals surface area contributed by atoms with Crippen molar-refractivity contribution in [1.82, 2.24) is 5.32 Å². The van der Waals surface area contributed by atoms with Gasteiger partial charge in [0.05, 0.1) is 12.5 Å². The Morgan fingerprint density at radius 2 is 1.79 bits per heavy atom. The number of hydrogen-bond acceptors (Lipinski definition) is 3. The SMILES string of the molecule is C=CCOC(=O)C[C@@H](NC(=O)c1ccccc1)c1ccc(Cl)cc1. The van der Waals surface area contributed by atoms with Crippen molar-refractivity contribution in [2.75, 3.05) is 6.61 Å². The van der Waals surface area contributed by atoms with Gasteiger partial charge in [0.1, 0.15) is 6.61 Å². The van der Waals surface area contributed by atoms with Crippen LogP contribution in [0.4, 0.5) is 0 Å². The number of carbonyl (C=O) groups is 2. The van der Waals surface area contributed by atoms with E-state index in [1.165, 1.54) is 6.08 Å². The van der Waals surface area contributed by atoms with Gasteiger partial charge in [-0.3, -0.25) is 9.59 Å². The van der Waals surface area contributed by atoms with Gasteiger partial charge in [0.25, 0.3) is 5.91 Å². The van der Waals surface area contributed by atoms with Crippen LogP contribution >= 0.6 is 11.6 Å². The number of benzene rings is 2. The van der Waals surface area contributed by atoms with Crippen LogP contribution in [0.15, 0.2) is 67.3 Å². The highest BCUT2D eigenvalue weighted by Crippen LogP contribution is 2.20. The minimum absolute atomic E-state index is 0.0219. The molecule has 0 aliphatic rings. The van der Waals surface area contributed by atoms with E-state index in [0.29, 0.717) is 10.6 Å². The normalized spacial score (nSPS) is 11.4. The maximum atomic E-state index is 12.4. The quantitative estimate of drug-likeness (QED) is 0.612. The van der Waals surface area contributed by atoms with Crippen LogP contribution in [0.2, 0.25) is 5.02 Å². The van der Waals surface area contributed by atoms with Crippen molar-refractivity contribution >= 4 is 23.5 Å². The topological polar surface area (TPSA) is 55.4 Å². The number of halogens is 1. The molecule has 24 heavy (non-hydrogen) atoms. The summed E-state index contributed by atoms with van der Waals surface area (Å²) in [5, 5.41) is 3.45. The maximum Gasteiger partial charge on any atom is 0.308 e. The first-order valence-electron chi connectivity index (χ1n) is 7.48. The third-order valence-corrected chi connectivity index (χ3v) is 3.60. The van der Waals surface area contributed by atoms with Gasteiger partial charge >= 0.3 is 5.97 Å². The van der Waals surface area contributed by atoms with Crippen LogP contribution in [0, 0.1) is 0 Å². The molecule has 124 valence electrons. The summed E-state index contributed by atoms with van der Waals surface area (Å²) in [6, 6.07) is 15.3. The monoisotopic (exact) mass is 343 g/mol. The lowest BCUT2D eigenvalue weighted by Crippen LogP contribution is -2.30. The van der Waals surface area contributed by atoms with E-state index in [-0.39, 0.29) is 18.9 Å². The Bertz CT molecular complexity index is 698. The molecule has 5 heteroatoms. The molecule has 2 rings (SSSR count). The molecule has 0 bridgehead atoms. The van der Waals surface area contributed by atoms with E-state index in [4.69, 9.17) is 16.3 Å². The minimum atomic E-state index is -0.507. The smallest absolute Gasteiger partial charge is 0.308 e. The van der Waals surface area contributed by atoms with Gasteiger partial charge in [-0.15, -0.1) is 0 Å². The molecule has 0 aromatic heterocycles. The van der Waals surface area contributed by atoms with Crippen LogP contribution in [0.5, 0.6) is 0 Å². The molecule has 0 radical (unpaired) electrons. The molecule has 1 atom stereocenters. The van der Waals surface area contributed by atoms with Gasteiger partial charge in [-0.05, 0) is 29.8 Å². The van der Waals surface area contributed by atoms with Gasteiger partial charge in [-0.1, -0.05) is 54.6 Å². The van der Waals surface area contributed by atoms with Gasteiger partial charge in [-0.2, -0.15) is 0 Å². The average molecular weight is 344 g/mol. The van der Waals surface area contributed by atoms with Crippen molar-refractivity contribution in [2.45, 2.75) is 12.5 Å². The standard InChI is InChI=1S/C19H18ClNO3/c1-2-12-24-18(22)13-17(14-8-10-16(20)11-9-14)21-19(23)15-6-4-3-5-7-15/h2-11,17H,1,12-13H2,(H,21,23)/t17-/m1/s1. The van der Waals surface area contributed by atoms with Crippen molar-refractivity contribution < 1.29 is 14.3 Å². The van der Waals surface area contributed by atoms with Crippen LogP contribution in [-0.2, 0) is 9.53 Å². The lowest BCUT2D eigenvalue weighted by atomic mass is 10.0. The highest BCUT2D eigenvalue weighted by Gasteiger charge is 2.20. The molecule has 0 saturated heterocycles. The molecule has 2 aromatic rings. The van der Waals surface area contributed by atoms with Gasteiger partial charge in [0, 0.05) is 10.6 Å². The lowest BCUT2D eigenvalue weighted by Gasteiger charge is -2.18. The molecule has 4 nitrogen and oxygen atoms in total. The van der Waals surface area contributed by atoms with Crippen LogP contribution in [0.1, 0.15) is 28.4 Å². The summed E-state index contributed by atoms with van der Waals surface area (Å²) in [5.74, 6) is -0.671. The number of amides is 1. The molecular formula is C19H18ClNO3. The first kappa shape index (κ1) is 17.8. The van der Waals surface area contributed by atoms with Gasteiger partial charge < -0.3 is 10.1 Å². The Morgan fingerprint density at radius 3 is 2.42 bits per heavy atom. The highest BCUT2D eigenvalue weighted by molar-refractivity contribution is 6.30. The molecule has 0 fully saturated rings. The average Bonchev–Trinajstić information content (AvgIpc) is 2.60. The van der Waals surface area contributed by atoms with Gasteiger partial charge in [0.2, 0.25) is 0 Å². The Hall–Kier alpha value is -2.59. The van der Waals surface area contributed by atoms with E-state index in [1.807, 2.05) is 6.07 Å². The molecule has 0 saturated carbocycles. The Morgan fingerprint density at radius 1 is 1.12 bits per heavy atom. The molecule has 0 aliphatic heterocycles. The van der Waals surface area contributed by atoms with E-state index in [9.17, 15) is 9.59 Å². The lowest BCUT2D eigenvalue weighted by molar-refractivity contribution is -0.142. The molecule has 0 spiro atoms. The van der Waals surface area contributed by atoms with Crippen molar-refractivity contribution in [3.8, 4) is 0 Å². The number of carbonyl (C=O) groups excluding carboxylic acids is 2. The van der Waals surface area contributed by atoms with E-state index in [2.05, 4.69) is 11.9 Å². The van der Waals surface area contributed by atoms with E-state index >= 15 is 0 Å². The Kier molecular flexibility index (Phi) is 6.58. The fourth-order valence-electron chi connectivity index (χ4n) is 2.16. The predicted octanol–water partition coefficient (Wildman–Crippen LogP) is 3.93. The van der Waals surface area contributed by atoms with Crippen molar-refractivity contribution in [1.29, 1.82) is 0 Å². The Labute approximate surface area is 146 Å². The zero-order valence-corrected chi connectivity index (χ0v) is 13.8. The van der Waals surface area contributed by atoms with E-state index in [1.54, 1.807) is 48.5 Å². The number of ether oxygens (including phenoxy) is 1. The molecule has 0 aliphatic carbocycles. The second-order valence-corrected chi connectivity index (χ2v) is 5.56. The Balaban J connectivity index is 2.15. The molecule has 0 unspecified atom stereocenters. The highest BCUT2D eigenvalue weighted by atomic mass is 35.5. The third-order valence-electron chi connectivity index (χ3n) is 3.35. The van der Waals surface area contributed by atoms with Crippen LogP contribution in [-0.4, -0.2) is 18.5 Å². The van der Waals surface area contributed by atoms with Crippen molar-refractivity contribution in [3.05, 3.63) is 83.4 Å². The first-order chi connectivity index (χ1) is 11.6.